The van der Waals surface area contributed by atoms with Gasteiger partial charge in [-0.15, -0.1) is 0 Å². The van der Waals surface area contributed by atoms with Crippen LogP contribution in [0.25, 0.3) is 0 Å². The third-order valence-corrected chi connectivity index (χ3v) is 5.02. The van der Waals surface area contributed by atoms with E-state index in [1.807, 2.05) is 18.2 Å². The van der Waals surface area contributed by atoms with Crippen molar-refractivity contribution in [2.45, 2.75) is 6.54 Å². The van der Waals surface area contributed by atoms with Crippen LogP contribution in [0.3, 0.4) is 0 Å². The fourth-order valence-corrected chi connectivity index (χ4v) is 3.47. The molecule has 0 unspecified atom stereocenters. The zero-order chi connectivity index (χ0) is 16.4. The molecule has 0 aromatic heterocycles. The maximum Gasteiger partial charge on any atom is 0.231 e. The molecule has 24 heavy (non-hydrogen) atoms. The van der Waals surface area contributed by atoms with Gasteiger partial charge in [0.05, 0.1) is 0 Å². The van der Waals surface area contributed by atoms with Crippen molar-refractivity contribution in [3.63, 3.8) is 0 Å². The quantitative estimate of drug-likeness (QED) is 0.800. The lowest BCUT2D eigenvalue weighted by Crippen LogP contribution is -2.48. The maximum absolute atomic E-state index is 5.69. The molecule has 2 aromatic rings. The highest BCUT2D eigenvalue weighted by atomic mass is 32.1. The van der Waals surface area contributed by atoms with Gasteiger partial charge in [0.15, 0.2) is 11.5 Å². The molecule has 2 aromatic carbocycles. The molecule has 124 valence electrons. The molecule has 0 aliphatic carbocycles. The predicted molar refractivity (Wildman–Crippen MR) is 97.6 cm³/mol. The van der Waals surface area contributed by atoms with Gasteiger partial charge in [0.25, 0.3) is 0 Å². The molecule has 0 spiro atoms. The molecule has 0 amide bonds. The molecular formula is C19H20N2O2S. The summed E-state index contributed by atoms with van der Waals surface area (Å²) in [5.41, 5.74) is 2.40. The molecule has 0 saturated carbocycles. The van der Waals surface area contributed by atoms with E-state index in [0.29, 0.717) is 6.79 Å². The van der Waals surface area contributed by atoms with Gasteiger partial charge in [0.2, 0.25) is 6.79 Å². The molecule has 2 heterocycles. The number of rotatable bonds is 3. The summed E-state index contributed by atoms with van der Waals surface area (Å²) in [7, 11) is 0. The van der Waals surface area contributed by atoms with Gasteiger partial charge in [0, 0.05) is 38.3 Å². The van der Waals surface area contributed by atoms with Crippen molar-refractivity contribution < 1.29 is 9.47 Å². The summed E-state index contributed by atoms with van der Waals surface area (Å²) in [6.45, 7) is 5.27. The van der Waals surface area contributed by atoms with E-state index in [0.717, 1.165) is 54.8 Å². The van der Waals surface area contributed by atoms with Crippen LogP contribution >= 0.6 is 12.2 Å². The first-order chi connectivity index (χ1) is 11.8. The first-order valence-corrected chi connectivity index (χ1v) is 8.65. The SMILES string of the molecule is S=C(c1ccc2c(c1)OCO2)N1CCN(Cc2ccccc2)CC1. The summed E-state index contributed by atoms with van der Waals surface area (Å²) in [6.07, 6.45) is 0. The molecule has 0 N–H and O–H groups in total. The Labute approximate surface area is 147 Å². The molecule has 0 radical (unpaired) electrons. The number of thiocarbonyl (C=S) groups is 1. The fourth-order valence-electron chi connectivity index (χ4n) is 3.16. The van der Waals surface area contributed by atoms with Crippen LogP contribution in [0.5, 0.6) is 11.5 Å². The van der Waals surface area contributed by atoms with Gasteiger partial charge < -0.3 is 14.4 Å². The van der Waals surface area contributed by atoms with Crippen molar-refractivity contribution >= 4 is 17.2 Å². The van der Waals surface area contributed by atoms with Crippen molar-refractivity contribution in [2.24, 2.45) is 0 Å². The summed E-state index contributed by atoms with van der Waals surface area (Å²) in [6, 6.07) is 16.6. The molecule has 4 rings (SSSR count). The number of hydrogen-bond acceptors (Lipinski definition) is 4. The van der Waals surface area contributed by atoms with Crippen LogP contribution in [-0.2, 0) is 6.54 Å². The minimum Gasteiger partial charge on any atom is -0.454 e. The van der Waals surface area contributed by atoms with Gasteiger partial charge in [0.1, 0.15) is 4.99 Å². The topological polar surface area (TPSA) is 24.9 Å². The van der Waals surface area contributed by atoms with E-state index in [2.05, 4.69) is 40.1 Å². The fraction of sp³-hybridized carbons (Fsp3) is 0.316. The highest BCUT2D eigenvalue weighted by Crippen LogP contribution is 2.33. The van der Waals surface area contributed by atoms with Gasteiger partial charge >= 0.3 is 0 Å². The van der Waals surface area contributed by atoms with E-state index in [4.69, 9.17) is 21.7 Å². The van der Waals surface area contributed by atoms with E-state index >= 15 is 0 Å². The Kier molecular flexibility index (Phi) is 4.36. The molecule has 5 heteroatoms. The predicted octanol–water partition coefficient (Wildman–Crippen LogP) is 2.91. The number of benzene rings is 2. The van der Waals surface area contributed by atoms with Crippen LogP contribution < -0.4 is 9.47 Å². The van der Waals surface area contributed by atoms with Gasteiger partial charge in [-0.05, 0) is 23.8 Å². The lowest BCUT2D eigenvalue weighted by Gasteiger charge is -2.36. The van der Waals surface area contributed by atoms with E-state index in [9.17, 15) is 0 Å². The largest absolute Gasteiger partial charge is 0.454 e. The Bertz CT molecular complexity index is 727. The molecule has 0 atom stereocenters. The van der Waals surface area contributed by atoms with E-state index in [1.165, 1.54) is 5.56 Å². The average molecular weight is 340 g/mol. The van der Waals surface area contributed by atoms with Gasteiger partial charge in [-0.3, -0.25) is 4.90 Å². The van der Waals surface area contributed by atoms with Crippen LogP contribution in [0.4, 0.5) is 0 Å². The first kappa shape index (κ1) is 15.4. The minimum atomic E-state index is 0.295. The standard InChI is InChI=1S/C19H20N2O2S/c24-19(16-6-7-17-18(12-16)23-14-22-17)21-10-8-20(9-11-21)13-15-4-2-1-3-5-15/h1-7,12H,8-11,13-14H2. The number of fused-ring (bicyclic) bond motifs is 1. The highest BCUT2D eigenvalue weighted by Gasteiger charge is 2.21. The third-order valence-electron chi connectivity index (χ3n) is 4.53. The summed E-state index contributed by atoms with van der Waals surface area (Å²) in [5.74, 6) is 1.59. The molecule has 4 nitrogen and oxygen atoms in total. The van der Waals surface area contributed by atoms with Gasteiger partial charge in [-0.25, -0.2) is 0 Å². The zero-order valence-electron chi connectivity index (χ0n) is 13.5. The van der Waals surface area contributed by atoms with Gasteiger partial charge in [-0.2, -0.15) is 0 Å². The second-order valence-electron chi connectivity index (χ2n) is 6.12. The Hall–Kier alpha value is -2.11. The van der Waals surface area contributed by atoms with Crippen LogP contribution in [0.1, 0.15) is 11.1 Å². The molecule has 2 aliphatic heterocycles. The van der Waals surface area contributed by atoms with Gasteiger partial charge in [-0.1, -0.05) is 42.5 Å². The maximum atomic E-state index is 5.69. The number of piperazine rings is 1. The van der Waals surface area contributed by atoms with Crippen LogP contribution in [0, 0.1) is 0 Å². The van der Waals surface area contributed by atoms with Crippen LogP contribution in [0.2, 0.25) is 0 Å². The van der Waals surface area contributed by atoms with Crippen molar-refractivity contribution in [1.82, 2.24) is 9.80 Å². The minimum absolute atomic E-state index is 0.295. The lowest BCUT2D eigenvalue weighted by molar-refractivity contribution is 0.174. The van der Waals surface area contributed by atoms with Crippen LogP contribution in [0.15, 0.2) is 48.5 Å². The second-order valence-corrected chi connectivity index (χ2v) is 6.51. The molecule has 0 bridgehead atoms. The van der Waals surface area contributed by atoms with Crippen molar-refractivity contribution in [1.29, 1.82) is 0 Å². The van der Waals surface area contributed by atoms with Crippen molar-refractivity contribution in [3.05, 3.63) is 59.7 Å². The van der Waals surface area contributed by atoms with Crippen molar-refractivity contribution in [2.75, 3.05) is 33.0 Å². The number of nitrogens with zero attached hydrogens (tertiary/aromatic N) is 2. The average Bonchev–Trinajstić information content (AvgIpc) is 3.10. The zero-order valence-corrected chi connectivity index (χ0v) is 14.3. The highest BCUT2D eigenvalue weighted by molar-refractivity contribution is 7.80. The Morgan fingerprint density at radius 2 is 1.67 bits per heavy atom. The molecular weight excluding hydrogens is 320 g/mol. The van der Waals surface area contributed by atoms with Crippen molar-refractivity contribution in [3.8, 4) is 11.5 Å². The van der Waals surface area contributed by atoms with E-state index in [1.54, 1.807) is 0 Å². The Morgan fingerprint density at radius 1 is 0.917 bits per heavy atom. The summed E-state index contributed by atoms with van der Waals surface area (Å²) in [5, 5.41) is 0. The molecule has 2 aliphatic rings. The van der Waals surface area contributed by atoms with Crippen LogP contribution in [-0.4, -0.2) is 47.8 Å². The smallest absolute Gasteiger partial charge is 0.231 e. The number of ether oxygens (including phenoxy) is 2. The summed E-state index contributed by atoms with van der Waals surface area (Å²) in [4.78, 5) is 5.66. The Balaban J connectivity index is 1.36. The summed E-state index contributed by atoms with van der Waals surface area (Å²) >= 11 is 5.69. The van der Waals surface area contributed by atoms with E-state index in [-0.39, 0.29) is 0 Å². The first-order valence-electron chi connectivity index (χ1n) is 8.25. The van der Waals surface area contributed by atoms with E-state index < -0.39 is 0 Å². The Morgan fingerprint density at radius 3 is 2.46 bits per heavy atom. The second kappa shape index (κ2) is 6.79. The number of hydrogen-bond donors (Lipinski definition) is 0. The summed E-state index contributed by atoms with van der Waals surface area (Å²) < 4.78 is 10.8. The normalized spacial score (nSPS) is 17.1. The molecule has 1 fully saturated rings. The monoisotopic (exact) mass is 340 g/mol. The lowest BCUT2D eigenvalue weighted by atomic mass is 10.1. The third kappa shape index (κ3) is 3.23. The molecule has 1 saturated heterocycles.